The first-order valence-corrected chi connectivity index (χ1v) is 15.5. The summed E-state index contributed by atoms with van der Waals surface area (Å²) >= 11 is 0. The van der Waals surface area contributed by atoms with Crippen molar-refractivity contribution in [1.29, 1.82) is 0 Å². The fourth-order valence-electron chi connectivity index (χ4n) is 6.50. The maximum atomic E-state index is 14.4. The van der Waals surface area contributed by atoms with E-state index in [1.807, 2.05) is 56.5 Å². The normalized spacial score (nSPS) is 19.5. The van der Waals surface area contributed by atoms with Crippen LogP contribution >= 0.6 is 0 Å². The van der Waals surface area contributed by atoms with Crippen LogP contribution in [-0.2, 0) is 11.2 Å². The first-order chi connectivity index (χ1) is 20.3. The predicted octanol–water partition coefficient (Wildman–Crippen LogP) is 6.07. The first-order valence-electron chi connectivity index (χ1n) is 15.5. The van der Waals surface area contributed by atoms with Crippen molar-refractivity contribution in [3.8, 4) is 5.69 Å². The van der Waals surface area contributed by atoms with Gasteiger partial charge in [-0.25, -0.2) is 9.18 Å². The number of likely N-dealkylation sites (tertiary alicyclic amines) is 2. The highest BCUT2D eigenvalue weighted by molar-refractivity contribution is 5.99. The highest BCUT2D eigenvalue weighted by atomic mass is 19.1. The van der Waals surface area contributed by atoms with E-state index in [1.165, 1.54) is 17.7 Å². The lowest BCUT2D eigenvalue weighted by atomic mass is 9.97. The van der Waals surface area contributed by atoms with Crippen LogP contribution in [0, 0.1) is 24.6 Å². The minimum atomic E-state index is -0.479. The summed E-state index contributed by atoms with van der Waals surface area (Å²) in [7, 11) is 1.75. The van der Waals surface area contributed by atoms with Gasteiger partial charge in [0.2, 0.25) is 0 Å². The van der Waals surface area contributed by atoms with Gasteiger partial charge in [-0.2, -0.15) is 0 Å². The molecule has 43 heavy (non-hydrogen) atoms. The highest BCUT2D eigenvalue weighted by Crippen LogP contribution is 2.33. The zero-order chi connectivity index (χ0) is 31.1. The number of amides is 2. The molecule has 9 heteroatoms. The second kappa shape index (κ2) is 12.3. The van der Waals surface area contributed by atoms with E-state index in [0.717, 1.165) is 68.5 Å². The average Bonchev–Trinajstić information content (AvgIpc) is 3.67. The maximum Gasteiger partial charge on any atom is 0.410 e. The van der Waals surface area contributed by atoms with Crippen LogP contribution in [0.2, 0.25) is 0 Å². The summed E-state index contributed by atoms with van der Waals surface area (Å²) in [6, 6.07) is 4.44. The first kappa shape index (κ1) is 31.0. The van der Waals surface area contributed by atoms with E-state index in [0.29, 0.717) is 23.1 Å². The Bertz CT molecular complexity index is 1490. The van der Waals surface area contributed by atoms with Gasteiger partial charge in [0.25, 0.3) is 5.91 Å². The predicted molar refractivity (Wildman–Crippen MR) is 167 cm³/mol. The zero-order valence-corrected chi connectivity index (χ0v) is 26.7. The Kier molecular flexibility index (Phi) is 8.84. The summed E-state index contributed by atoms with van der Waals surface area (Å²) < 4.78 is 22.0. The van der Waals surface area contributed by atoms with E-state index in [9.17, 15) is 14.0 Å². The summed E-state index contributed by atoms with van der Waals surface area (Å²) in [5, 5.41) is 1.15. The highest BCUT2D eigenvalue weighted by Gasteiger charge is 2.33. The van der Waals surface area contributed by atoms with Crippen LogP contribution < -0.4 is 0 Å². The molecule has 2 aromatic heterocycles. The number of pyridine rings is 1. The maximum absolute atomic E-state index is 14.4. The molecule has 0 aliphatic carbocycles. The second-order valence-electron chi connectivity index (χ2n) is 13.7. The molecular weight excluding hydrogens is 545 g/mol. The molecule has 2 fully saturated rings. The number of hydrogen-bond donors (Lipinski definition) is 0. The summed E-state index contributed by atoms with van der Waals surface area (Å²) in [6.07, 6.45) is 8.66. The number of fused-ring (bicyclic) bond motifs is 1. The van der Waals surface area contributed by atoms with E-state index < -0.39 is 11.4 Å². The van der Waals surface area contributed by atoms with Crippen LogP contribution in [0.1, 0.15) is 68.9 Å². The molecule has 0 spiro atoms. The van der Waals surface area contributed by atoms with Gasteiger partial charge in [-0.1, -0.05) is 0 Å². The van der Waals surface area contributed by atoms with Gasteiger partial charge in [0.15, 0.2) is 0 Å². The number of rotatable bonds is 7. The molecule has 2 amide bonds. The van der Waals surface area contributed by atoms with Crippen molar-refractivity contribution in [2.24, 2.45) is 11.8 Å². The van der Waals surface area contributed by atoms with Crippen LogP contribution in [0.15, 0.2) is 36.8 Å². The molecule has 0 radical (unpaired) electrons. The molecule has 0 unspecified atom stereocenters. The third-order valence-electron chi connectivity index (χ3n) is 8.86. The number of nitrogens with zero attached hydrogens (tertiary/aromatic N) is 5. The number of hydrogen-bond acceptors (Lipinski definition) is 5. The summed E-state index contributed by atoms with van der Waals surface area (Å²) in [5.74, 6) is 0.311. The van der Waals surface area contributed by atoms with Crippen molar-refractivity contribution in [2.45, 2.75) is 72.4 Å². The van der Waals surface area contributed by atoms with E-state index in [2.05, 4.69) is 23.0 Å². The standard InChI is InChI=1S/C34H46FN5O3/c1-22(2)37(7)32(41)28-15-27(35)8-9-29(28)40-21-26(31-23(3)16-36-17-30(31)40)14-24-10-12-38(18-24)19-25-11-13-39(20-25)33(42)43-34(4,5)6/h8-9,15-17,21-22,24-25H,10-14,18-20H2,1-7H3/t24-,25-/m1/s1. The minimum Gasteiger partial charge on any atom is -0.444 e. The Morgan fingerprint density at radius 2 is 1.86 bits per heavy atom. The Labute approximate surface area is 254 Å². The summed E-state index contributed by atoms with van der Waals surface area (Å²) in [6.45, 7) is 16.2. The molecule has 4 heterocycles. The number of carbonyl (C=O) groups is 2. The Hall–Kier alpha value is -3.46. The molecule has 8 nitrogen and oxygen atoms in total. The van der Waals surface area contributed by atoms with Crippen molar-refractivity contribution >= 4 is 22.9 Å². The third-order valence-corrected chi connectivity index (χ3v) is 8.86. The van der Waals surface area contributed by atoms with Gasteiger partial charge in [-0.3, -0.25) is 9.78 Å². The van der Waals surface area contributed by atoms with Crippen LogP contribution in [0.5, 0.6) is 0 Å². The molecule has 2 saturated heterocycles. The lowest BCUT2D eigenvalue weighted by molar-refractivity contribution is 0.0285. The molecule has 1 aromatic carbocycles. The molecular formula is C34H46FN5O3. The van der Waals surface area contributed by atoms with Gasteiger partial charge in [0, 0.05) is 57.0 Å². The van der Waals surface area contributed by atoms with Crippen molar-refractivity contribution in [1.82, 2.24) is 24.3 Å². The summed E-state index contributed by atoms with van der Waals surface area (Å²) in [4.78, 5) is 36.4. The Morgan fingerprint density at radius 1 is 1.12 bits per heavy atom. The fourth-order valence-corrected chi connectivity index (χ4v) is 6.50. The Balaban J connectivity index is 1.33. The topological polar surface area (TPSA) is 70.9 Å². The number of benzene rings is 1. The number of carbonyl (C=O) groups excluding carboxylic acids is 2. The molecule has 2 atom stereocenters. The average molecular weight is 592 g/mol. The molecule has 0 N–H and O–H groups in total. The molecule has 0 saturated carbocycles. The number of aryl methyl sites for hydroxylation is 1. The SMILES string of the molecule is Cc1cncc2c1c(C[C@H]1CCN(C[C@H]3CCN(C(=O)OC(C)(C)C)C3)C1)cn2-c1ccc(F)cc1C(=O)N(C)C(C)C. The number of aromatic nitrogens is 2. The van der Waals surface area contributed by atoms with Gasteiger partial charge < -0.3 is 24.0 Å². The third kappa shape index (κ3) is 6.87. The Morgan fingerprint density at radius 3 is 2.58 bits per heavy atom. The second-order valence-corrected chi connectivity index (χ2v) is 13.7. The van der Waals surface area contributed by atoms with Gasteiger partial charge in [-0.15, -0.1) is 0 Å². The van der Waals surface area contributed by atoms with E-state index in [4.69, 9.17) is 4.74 Å². The van der Waals surface area contributed by atoms with Crippen molar-refractivity contribution in [3.63, 3.8) is 0 Å². The van der Waals surface area contributed by atoms with Crippen molar-refractivity contribution < 1.29 is 18.7 Å². The zero-order valence-electron chi connectivity index (χ0n) is 26.7. The lowest BCUT2D eigenvalue weighted by Crippen LogP contribution is -2.36. The van der Waals surface area contributed by atoms with Crippen molar-refractivity contribution in [2.75, 3.05) is 39.8 Å². The van der Waals surface area contributed by atoms with Gasteiger partial charge in [0.1, 0.15) is 11.4 Å². The van der Waals surface area contributed by atoms with Crippen LogP contribution in [0.25, 0.3) is 16.6 Å². The van der Waals surface area contributed by atoms with Crippen molar-refractivity contribution in [3.05, 3.63) is 59.3 Å². The molecule has 5 rings (SSSR count). The lowest BCUT2D eigenvalue weighted by Gasteiger charge is -2.25. The summed E-state index contributed by atoms with van der Waals surface area (Å²) in [5.41, 5.74) is 3.75. The number of halogens is 1. The van der Waals surface area contributed by atoms with Crippen LogP contribution in [0.4, 0.5) is 9.18 Å². The van der Waals surface area contributed by atoms with E-state index >= 15 is 0 Å². The molecule has 0 bridgehead atoms. The van der Waals surface area contributed by atoms with E-state index in [1.54, 1.807) is 18.0 Å². The molecule has 2 aliphatic rings. The minimum absolute atomic E-state index is 0.0144. The van der Waals surface area contributed by atoms with Gasteiger partial charge in [0.05, 0.1) is 23.0 Å². The molecule has 2 aliphatic heterocycles. The fraction of sp³-hybridized carbons (Fsp3) is 0.559. The quantitative estimate of drug-likeness (QED) is 0.333. The van der Waals surface area contributed by atoms with Gasteiger partial charge >= 0.3 is 6.09 Å². The molecule has 232 valence electrons. The molecule has 3 aromatic rings. The van der Waals surface area contributed by atoms with Crippen LogP contribution in [0.3, 0.4) is 0 Å². The smallest absolute Gasteiger partial charge is 0.410 e. The van der Waals surface area contributed by atoms with E-state index in [-0.39, 0.29) is 18.0 Å². The monoisotopic (exact) mass is 591 g/mol. The van der Waals surface area contributed by atoms with Gasteiger partial charge in [-0.05, 0) is 109 Å². The number of ether oxygens (including phenoxy) is 1. The largest absolute Gasteiger partial charge is 0.444 e. The van der Waals surface area contributed by atoms with Crippen LogP contribution in [-0.4, -0.2) is 87.7 Å².